The van der Waals surface area contributed by atoms with Crippen LogP contribution in [0, 0.1) is 18.6 Å². The van der Waals surface area contributed by atoms with Gasteiger partial charge < -0.3 is 9.84 Å². The Hall–Kier alpha value is -1.94. The van der Waals surface area contributed by atoms with Crippen LogP contribution in [0.5, 0.6) is 5.75 Å². The van der Waals surface area contributed by atoms with Crippen molar-refractivity contribution in [2.24, 2.45) is 0 Å². The van der Waals surface area contributed by atoms with Gasteiger partial charge in [-0.15, -0.1) is 0 Å². The van der Waals surface area contributed by atoms with Gasteiger partial charge in [-0.1, -0.05) is 23.8 Å². The van der Waals surface area contributed by atoms with Crippen molar-refractivity contribution >= 4 is 0 Å². The van der Waals surface area contributed by atoms with Crippen molar-refractivity contribution in [3.63, 3.8) is 0 Å². The molecule has 0 fully saturated rings. The Kier molecular flexibility index (Phi) is 3.81. The maximum absolute atomic E-state index is 13.7. The van der Waals surface area contributed by atoms with Crippen molar-refractivity contribution in [2.75, 3.05) is 7.11 Å². The Morgan fingerprint density at radius 2 is 1.84 bits per heavy atom. The molecule has 2 aromatic carbocycles. The molecule has 0 aromatic heterocycles. The van der Waals surface area contributed by atoms with Crippen LogP contribution in [-0.2, 0) is 0 Å². The predicted molar refractivity (Wildman–Crippen MR) is 68.2 cm³/mol. The number of aliphatic hydroxyl groups excluding tert-OH is 1. The summed E-state index contributed by atoms with van der Waals surface area (Å²) in [7, 11) is 1.46. The van der Waals surface area contributed by atoms with E-state index in [0.29, 0.717) is 11.3 Å². The number of rotatable bonds is 3. The normalized spacial score (nSPS) is 12.3. The second kappa shape index (κ2) is 5.36. The summed E-state index contributed by atoms with van der Waals surface area (Å²) in [5.74, 6) is -1.59. The second-order valence-corrected chi connectivity index (χ2v) is 4.29. The number of hydrogen-bond donors (Lipinski definition) is 1. The molecular weight excluding hydrogens is 250 g/mol. The molecule has 0 radical (unpaired) electrons. The van der Waals surface area contributed by atoms with Gasteiger partial charge in [-0.2, -0.15) is 0 Å². The molecule has 100 valence electrons. The first kappa shape index (κ1) is 13.5. The highest BCUT2D eigenvalue weighted by atomic mass is 19.2. The molecule has 2 nitrogen and oxygen atoms in total. The van der Waals surface area contributed by atoms with E-state index in [4.69, 9.17) is 4.74 Å². The first-order valence-corrected chi connectivity index (χ1v) is 5.81. The molecule has 0 saturated heterocycles. The molecule has 4 heteroatoms. The summed E-state index contributed by atoms with van der Waals surface area (Å²) in [5, 5.41) is 10.2. The minimum atomic E-state index is -1.27. The van der Waals surface area contributed by atoms with Crippen LogP contribution in [0.1, 0.15) is 22.8 Å². The van der Waals surface area contributed by atoms with Crippen LogP contribution in [0.4, 0.5) is 8.78 Å². The third-order valence-electron chi connectivity index (χ3n) is 2.96. The van der Waals surface area contributed by atoms with Crippen LogP contribution >= 0.6 is 0 Å². The summed E-state index contributed by atoms with van der Waals surface area (Å²) >= 11 is 0. The molecule has 19 heavy (non-hydrogen) atoms. The van der Waals surface area contributed by atoms with E-state index < -0.39 is 17.7 Å². The van der Waals surface area contributed by atoms with Gasteiger partial charge in [-0.25, -0.2) is 8.78 Å². The Bertz CT molecular complexity index is 597. The fourth-order valence-corrected chi connectivity index (χ4v) is 1.97. The van der Waals surface area contributed by atoms with E-state index in [-0.39, 0.29) is 5.56 Å². The fourth-order valence-electron chi connectivity index (χ4n) is 1.97. The quantitative estimate of drug-likeness (QED) is 0.921. The first-order valence-electron chi connectivity index (χ1n) is 5.81. The maximum Gasteiger partial charge on any atom is 0.164 e. The summed E-state index contributed by atoms with van der Waals surface area (Å²) in [6.45, 7) is 1.84. The topological polar surface area (TPSA) is 29.5 Å². The standard InChI is InChI=1S/C15H14F2O2/c1-9-6-7-13(19-2)11(8-9)15(18)10-4-3-5-12(16)14(10)17/h3-8,15,18H,1-2H3. The molecule has 0 aliphatic carbocycles. The number of methoxy groups -OCH3 is 1. The Balaban J connectivity index is 2.52. The number of hydrogen-bond acceptors (Lipinski definition) is 2. The van der Waals surface area contributed by atoms with Crippen LogP contribution in [0.25, 0.3) is 0 Å². The molecule has 2 rings (SSSR count). The number of halogens is 2. The van der Waals surface area contributed by atoms with Crippen LogP contribution in [-0.4, -0.2) is 12.2 Å². The molecule has 2 aromatic rings. The molecule has 0 aliphatic rings. The predicted octanol–water partition coefficient (Wildman–Crippen LogP) is 3.36. The molecular formula is C15H14F2O2. The van der Waals surface area contributed by atoms with Gasteiger partial charge in [0, 0.05) is 11.1 Å². The summed E-state index contributed by atoms with van der Waals surface area (Å²) in [4.78, 5) is 0. The summed E-state index contributed by atoms with van der Waals surface area (Å²) in [5.41, 5.74) is 1.20. The first-order chi connectivity index (χ1) is 9.04. The lowest BCUT2D eigenvalue weighted by molar-refractivity contribution is 0.208. The van der Waals surface area contributed by atoms with E-state index in [1.807, 2.05) is 13.0 Å². The van der Waals surface area contributed by atoms with Gasteiger partial charge in [-0.05, 0) is 25.1 Å². The largest absolute Gasteiger partial charge is 0.496 e. The van der Waals surface area contributed by atoms with Gasteiger partial charge in [0.1, 0.15) is 11.9 Å². The molecule has 0 amide bonds. The fraction of sp³-hybridized carbons (Fsp3) is 0.200. The van der Waals surface area contributed by atoms with E-state index in [9.17, 15) is 13.9 Å². The van der Waals surface area contributed by atoms with E-state index in [1.54, 1.807) is 12.1 Å². The van der Waals surface area contributed by atoms with Crippen LogP contribution < -0.4 is 4.74 Å². The molecule has 1 N–H and O–H groups in total. The zero-order valence-electron chi connectivity index (χ0n) is 10.7. The zero-order chi connectivity index (χ0) is 14.0. The Morgan fingerprint density at radius 3 is 2.53 bits per heavy atom. The lowest BCUT2D eigenvalue weighted by atomic mass is 9.98. The van der Waals surface area contributed by atoms with E-state index in [2.05, 4.69) is 0 Å². The monoisotopic (exact) mass is 264 g/mol. The minimum absolute atomic E-state index is 0.107. The van der Waals surface area contributed by atoms with Crippen molar-refractivity contribution in [1.29, 1.82) is 0 Å². The molecule has 0 spiro atoms. The lowest BCUT2D eigenvalue weighted by Gasteiger charge is -2.16. The van der Waals surface area contributed by atoms with Crippen molar-refractivity contribution < 1.29 is 18.6 Å². The lowest BCUT2D eigenvalue weighted by Crippen LogP contribution is -2.06. The SMILES string of the molecule is COc1ccc(C)cc1C(O)c1cccc(F)c1F. The van der Waals surface area contributed by atoms with Crippen LogP contribution in [0.3, 0.4) is 0 Å². The van der Waals surface area contributed by atoms with Gasteiger partial charge in [0.25, 0.3) is 0 Å². The van der Waals surface area contributed by atoms with E-state index in [0.717, 1.165) is 11.6 Å². The van der Waals surface area contributed by atoms with Gasteiger partial charge in [0.15, 0.2) is 11.6 Å². The van der Waals surface area contributed by atoms with Crippen molar-refractivity contribution in [3.8, 4) is 5.75 Å². The average molecular weight is 264 g/mol. The molecule has 0 bridgehead atoms. The summed E-state index contributed by atoms with van der Waals surface area (Å²) < 4.78 is 32.0. The van der Waals surface area contributed by atoms with Gasteiger partial charge >= 0.3 is 0 Å². The Morgan fingerprint density at radius 1 is 1.11 bits per heavy atom. The van der Waals surface area contributed by atoms with Crippen molar-refractivity contribution in [3.05, 3.63) is 64.7 Å². The second-order valence-electron chi connectivity index (χ2n) is 4.29. The minimum Gasteiger partial charge on any atom is -0.496 e. The van der Waals surface area contributed by atoms with Gasteiger partial charge in [0.05, 0.1) is 7.11 Å². The third-order valence-corrected chi connectivity index (χ3v) is 2.96. The Labute approximate surface area is 110 Å². The van der Waals surface area contributed by atoms with Gasteiger partial charge in [0.2, 0.25) is 0 Å². The van der Waals surface area contributed by atoms with E-state index in [1.165, 1.54) is 19.2 Å². The molecule has 0 aliphatic heterocycles. The highest BCUT2D eigenvalue weighted by Gasteiger charge is 2.20. The van der Waals surface area contributed by atoms with Crippen molar-refractivity contribution in [2.45, 2.75) is 13.0 Å². The maximum atomic E-state index is 13.7. The zero-order valence-corrected chi connectivity index (χ0v) is 10.7. The smallest absolute Gasteiger partial charge is 0.164 e. The summed E-state index contributed by atoms with van der Waals surface area (Å²) in [6, 6.07) is 8.92. The molecule has 0 heterocycles. The summed E-state index contributed by atoms with van der Waals surface area (Å²) in [6.07, 6.45) is -1.27. The number of aryl methyl sites for hydroxylation is 1. The van der Waals surface area contributed by atoms with Crippen LogP contribution in [0.15, 0.2) is 36.4 Å². The average Bonchev–Trinajstić information content (AvgIpc) is 2.41. The molecule has 1 atom stereocenters. The van der Waals surface area contributed by atoms with Crippen LogP contribution in [0.2, 0.25) is 0 Å². The number of ether oxygens (including phenoxy) is 1. The third kappa shape index (κ3) is 2.58. The molecule has 0 saturated carbocycles. The number of aliphatic hydroxyl groups is 1. The number of benzene rings is 2. The highest BCUT2D eigenvalue weighted by Crippen LogP contribution is 2.32. The van der Waals surface area contributed by atoms with Crippen molar-refractivity contribution in [1.82, 2.24) is 0 Å². The van der Waals surface area contributed by atoms with E-state index >= 15 is 0 Å². The molecule has 1 unspecified atom stereocenters. The highest BCUT2D eigenvalue weighted by molar-refractivity contribution is 5.43. The van der Waals surface area contributed by atoms with Gasteiger partial charge in [-0.3, -0.25) is 0 Å².